The molecule has 3 rings (SSSR count). The minimum atomic E-state index is -0.428. The van der Waals surface area contributed by atoms with Crippen LogP contribution in [0.5, 0.6) is 5.75 Å². The number of ether oxygens (including phenoxy) is 1. The molecule has 1 aromatic heterocycles. The second-order valence-electron chi connectivity index (χ2n) is 5.22. The fraction of sp³-hybridized carbons (Fsp3) is 0.467. The van der Waals surface area contributed by atoms with E-state index in [1.54, 1.807) is 0 Å². The Bertz CT molecular complexity index is 588. The third kappa shape index (κ3) is 2.29. The monoisotopic (exact) mass is 273 g/mol. The first kappa shape index (κ1) is 13.1. The van der Waals surface area contributed by atoms with Crippen molar-refractivity contribution in [3.63, 3.8) is 0 Å². The van der Waals surface area contributed by atoms with E-state index in [1.165, 1.54) is 0 Å². The van der Waals surface area contributed by atoms with E-state index >= 15 is 0 Å². The van der Waals surface area contributed by atoms with Crippen LogP contribution in [0, 0.1) is 0 Å². The van der Waals surface area contributed by atoms with Crippen molar-refractivity contribution in [1.29, 1.82) is 0 Å². The lowest BCUT2D eigenvalue weighted by Crippen LogP contribution is -2.34. The molecule has 106 valence electrons. The van der Waals surface area contributed by atoms with Crippen molar-refractivity contribution in [2.45, 2.75) is 38.1 Å². The molecule has 0 unspecified atom stereocenters. The number of hydrogen-bond donors (Lipinski definition) is 1. The molecule has 1 fully saturated rings. The Labute approximate surface area is 118 Å². The molecule has 1 heterocycles. The Morgan fingerprint density at radius 1 is 1.30 bits per heavy atom. The van der Waals surface area contributed by atoms with Crippen LogP contribution in [0.4, 0.5) is 0 Å². The molecule has 0 spiro atoms. The van der Waals surface area contributed by atoms with Gasteiger partial charge in [0.2, 0.25) is 0 Å². The molecule has 1 aliphatic carbocycles. The predicted molar refractivity (Wildman–Crippen MR) is 75.2 cm³/mol. The summed E-state index contributed by atoms with van der Waals surface area (Å²) in [6, 6.07) is 7.67. The van der Waals surface area contributed by atoms with Crippen LogP contribution in [0.2, 0.25) is 0 Å². The molecule has 5 heteroatoms. The summed E-state index contributed by atoms with van der Waals surface area (Å²) >= 11 is 0. The summed E-state index contributed by atoms with van der Waals surface area (Å²) < 4.78 is 11.0. The Morgan fingerprint density at radius 3 is 2.80 bits per heavy atom. The number of hydrogen-bond acceptors (Lipinski definition) is 5. The maximum Gasteiger partial charge on any atom is 0.261 e. The van der Waals surface area contributed by atoms with Crippen LogP contribution in [0.3, 0.4) is 0 Å². The van der Waals surface area contributed by atoms with Crippen molar-refractivity contribution in [1.82, 2.24) is 10.1 Å². The molecular weight excluding hydrogens is 254 g/mol. The molecule has 0 bridgehead atoms. The van der Waals surface area contributed by atoms with Crippen LogP contribution < -0.4 is 10.5 Å². The first-order valence-corrected chi connectivity index (χ1v) is 7.08. The predicted octanol–water partition coefficient (Wildman–Crippen LogP) is 2.86. The normalized spacial score (nSPS) is 17.3. The summed E-state index contributed by atoms with van der Waals surface area (Å²) in [5.41, 5.74) is 6.74. The lowest BCUT2D eigenvalue weighted by Gasteiger charge is -2.17. The van der Waals surface area contributed by atoms with Crippen molar-refractivity contribution < 1.29 is 9.26 Å². The van der Waals surface area contributed by atoms with Gasteiger partial charge < -0.3 is 15.0 Å². The maximum absolute atomic E-state index is 6.35. The summed E-state index contributed by atoms with van der Waals surface area (Å²) in [7, 11) is 0. The Hall–Kier alpha value is -1.88. The highest BCUT2D eigenvalue weighted by Crippen LogP contribution is 2.36. The number of aromatic nitrogens is 2. The fourth-order valence-corrected chi connectivity index (χ4v) is 2.69. The minimum Gasteiger partial charge on any atom is -0.493 e. The van der Waals surface area contributed by atoms with Gasteiger partial charge in [0, 0.05) is 0 Å². The molecule has 0 saturated heterocycles. The van der Waals surface area contributed by atoms with Crippen LogP contribution in [0.1, 0.15) is 38.4 Å². The lowest BCUT2D eigenvalue weighted by molar-refractivity contribution is 0.338. The van der Waals surface area contributed by atoms with Gasteiger partial charge in [-0.05, 0) is 31.9 Å². The first-order chi connectivity index (χ1) is 9.73. The second kappa shape index (κ2) is 5.25. The van der Waals surface area contributed by atoms with E-state index in [0.29, 0.717) is 18.3 Å². The van der Waals surface area contributed by atoms with E-state index in [0.717, 1.165) is 37.0 Å². The van der Waals surface area contributed by atoms with E-state index in [1.807, 2.05) is 31.2 Å². The van der Waals surface area contributed by atoms with Gasteiger partial charge in [-0.1, -0.05) is 30.1 Å². The highest BCUT2D eigenvalue weighted by atomic mass is 16.5. The molecule has 0 aliphatic heterocycles. The summed E-state index contributed by atoms with van der Waals surface area (Å²) in [5, 5.41) is 4.08. The average Bonchev–Trinajstić information content (AvgIpc) is 3.09. The largest absolute Gasteiger partial charge is 0.493 e. The standard InChI is InChI=1S/C15H19N3O2/c1-2-19-12-8-4-3-7-11(12)13-17-14(18-20-13)15(16)9-5-6-10-15/h3-4,7-8H,2,5-6,9-10,16H2,1H3. The van der Waals surface area contributed by atoms with Crippen LogP contribution in [-0.2, 0) is 5.54 Å². The zero-order chi connectivity index (χ0) is 14.0. The summed E-state index contributed by atoms with van der Waals surface area (Å²) in [4.78, 5) is 4.49. The molecule has 5 nitrogen and oxygen atoms in total. The SMILES string of the molecule is CCOc1ccccc1-c1nc(C2(N)CCCC2)no1. The number of rotatable bonds is 4. The van der Waals surface area contributed by atoms with Crippen molar-refractivity contribution in [3.8, 4) is 17.2 Å². The summed E-state index contributed by atoms with van der Waals surface area (Å²) in [6.07, 6.45) is 4.07. The number of para-hydroxylation sites is 1. The van der Waals surface area contributed by atoms with Gasteiger partial charge in [0.25, 0.3) is 5.89 Å². The van der Waals surface area contributed by atoms with Crippen LogP contribution >= 0.6 is 0 Å². The molecule has 1 saturated carbocycles. The van der Waals surface area contributed by atoms with Gasteiger partial charge in [0.1, 0.15) is 5.75 Å². The van der Waals surface area contributed by atoms with E-state index < -0.39 is 5.54 Å². The van der Waals surface area contributed by atoms with Crippen molar-refractivity contribution in [2.24, 2.45) is 5.73 Å². The topological polar surface area (TPSA) is 74.2 Å². The lowest BCUT2D eigenvalue weighted by atomic mass is 9.99. The fourth-order valence-electron chi connectivity index (χ4n) is 2.69. The molecule has 2 N–H and O–H groups in total. The Balaban J connectivity index is 1.94. The van der Waals surface area contributed by atoms with Crippen molar-refractivity contribution >= 4 is 0 Å². The van der Waals surface area contributed by atoms with Gasteiger partial charge in [0.05, 0.1) is 17.7 Å². The van der Waals surface area contributed by atoms with Crippen LogP contribution in [-0.4, -0.2) is 16.7 Å². The molecular formula is C15H19N3O2. The molecule has 1 aromatic carbocycles. The maximum atomic E-state index is 6.35. The third-order valence-electron chi connectivity index (χ3n) is 3.78. The van der Waals surface area contributed by atoms with Gasteiger partial charge in [-0.3, -0.25) is 0 Å². The quantitative estimate of drug-likeness (QED) is 0.927. The number of nitrogens with two attached hydrogens (primary N) is 1. The molecule has 2 aromatic rings. The molecule has 1 aliphatic rings. The zero-order valence-corrected chi connectivity index (χ0v) is 11.6. The van der Waals surface area contributed by atoms with Gasteiger partial charge in [-0.25, -0.2) is 0 Å². The minimum absolute atomic E-state index is 0.428. The smallest absolute Gasteiger partial charge is 0.261 e. The first-order valence-electron chi connectivity index (χ1n) is 7.08. The zero-order valence-electron chi connectivity index (χ0n) is 11.6. The van der Waals surface area contributed by atoms with Crippen LogP contribution in [0.15, 0.2) is 28.8 Å². The van der Waals surface area contributed by atoms with E-state index in [-0.39, 0.29) is 0 Å². The highest BCUT2D eigenvalue weighted by Gasteiger charge is 2.36. The van der Waals surface area contributed by atoms with Gasteiger partial charge in [0.15, 0.2) is 5.82 Å². The van der Waals surface area contributed by atoms with E-state index in [9.17, 15) is 0 Å². The van der Waals surface area contributed by atoms with Crippen molar-refractivity contribution in [3.05, 3.63) is 30.1 Å². The van der Waals surface area contributed by atoms with Gasteiger partial charge in [-0.2, -0.15) is 4.98 Å². The Kier molecular flexibility index (Phi) is 3.44. The second-order valence-corrected chi connectivity index (χ2v) is 5.22. The summed E-state index contributed by atoms with van der Waals surface area (Å²) in [5.74, 6) is 1.83. The van der Waals surface area contributed by atoms with E-state index in [2.05, 4.69) is 10.1 Å². The molecule has 0 radical (unpaired) electrons. The number of benzene rings is 1. The van der Waals surface area contributed by atoms with Crippen molar-refractivity contribution in [2.75, 3.05) is 6.61 Å². The third-order valence-corrected chi connectivity index (χ3v) is 3.78. The average molecular weight is 273 g/mol. The highest BCUT2D eigenvalue weighted by molar-refractivity contribution is 5.62. The molecule has 0 amide bonds. The van der Waals surface area contributed by atoms with Crippen LogP contribution in [0.25, 0.3) is 11.5 Å². The molecule has 20 heavy (non-hydrogen) atoms. The number of nitrogens with zero attached hydrogens (tertiary/aromatic N) is 2. The van der Waals surface area contributed by atoms with Gasteiger partial charge in [-0.15, -0.1) is 0 Å². The van der Waals surface area contributed by atoms with Gasteiger partial charge >= 0.3 is 0 Å². The van der Waals surface area contributed by atoms with E-state index in [4.69, 9.17) is 15.0 Å². The summed E-state index contributed by atoms with van der Waals surface area (Å²) in [6.45, 7) is 2.54. The molecule has 0 atom stereocenters. The Morgan fingerprint density at radius 2 is 2.05 bits per heavy atom.